The van der Waals surface area contributed by atoms with E-state index in [-0.39, 0.29) is 0 Å². The molecule has 0 bridgehead atoms. The highest BCUT2D eigenvalue weighted by Crippen LogP contribution is 2.50. The zero-order valence-electron chi connectivity index (χ0n) is 18.0. The number of hydrogen-bond donors (Lipinski definition) is 0. The Morgan fingerprint density at radius 3 is 2.04 bits per heavy atom. The summed E-state index contributed by atoms with van der Waals surface area (Å²) in [7, 11) is 0. The Hall–Kier alpha value is -1.44. The van der Waals surface area contributed by atoms with Crippen LogP contribution in [0.1, 0.15) is 89.5 Å². The summed E-state index contributed by atoms with van der Waals surface area (Å²) in [5.41, 5.74) is 6.24. The zero-order chi connectivity index (χ0) is 19.1. The van der Waals surface area contributed by atoms with E-state index in [0.717, 1.165) is 17.9 Å². The van der Waals surface area contributed by atoms with E-state index in [1.165, 1.54) is 88.3 Å². The second-order valence-electron chi connectivity index (χ2n) is 9.91. The third kappa shape index (κ3) is 3.08. The van der Waals surface area contributed by atoms with Crippen molar-refractivity contribution in [3.05, 3.63) is 41.2 Å². The Balaban J connectivity index is 1.62. The van der Waals surface area contributed by atoms with Gasteiger partial charge in [-0.25, -0.2) is 0 Å². The average molecular weight is 379 g/mol. The van der Waals surface area contributed by atoms with Gasteiger partial charge in [0.05, 0.1) is 0 Å². The summed E-state index contributed by atoms with van der Waals surface area (Å²) in [5, 5.41) is 0. The molecular formula is C26H38N2. The normalized spacial score (nSPS) is 27.7. The van der Waals surface area contributed by atoms with Crippen molar-refractivity contribution in [1.29, 1.82) is 0 Å². The van der Waals surface area contributed by atoms with Crippen LogP contribution < -0.4 is 4.90 Å². The van der Waals surface area contributed by atoms with Crippen molar-refractivity contribution >= 4 is 5.69 Å². The summed E-state index contributed by atoms with van der Waals surface area (Å²) in [6.45, 7) is 4.76. The Morgan fingerprint density at radius 1 is 0.750 bits per heavy atom. The zero-order valence-corrected chi connectivity index (χ0v) is 18.0. The summed E-state index contributed by atoms with van der Waals surface area (Å²) in [5.74, 6) is 1.63. The fourth-order valence-electron chi connectivity index (χ4n) is 6.93. The fraction of sp³-hybridized carbons (Fsp3) is 0.692. The van der Waals surface area contributed by atoms with Gasteiger partial charge >= 0.3 is 0 Å². The molecule has 2 nitrogen and oxygen atoms in total. The van der Waals surface area contributed by atoms with Crippen molar-refractivity contribution in [3.8, 4) is 0 Å². The number of allylic oxidation sites excluding steroid dienone is 2. The number of benzene rings is 1. The van der Waals surface area contributed by atoms with Crippen LogP contribution in [0.3, 0.4) is 0 Å². The predicted molar refractivity (Wildman–Crippen MR) is 118 cm³/mol. The van der Waals surface area contributed by atoms with E-state index in [1.54, 1.807) is 11.4 Å². The Kier molecular flexibility index (Phi) is 5.15. The van der Waals surface area contributed by atoms with E-state index in [1.807, 2.05) is 0 Å². The molecule has 0 spiro atoms. The molecule has 28 heavy (non-hydrogen) atoms. The number of rotatable bonds is 4. The van der Waals surface area contributed by atoms with Gasteiger partial charge in [0.1, 0.15) is 6.17 Å². The largest absolute Gasteiger partial charge is 0.349 e. The summed E-state index contributed by atoms with van der Waals surface area (Å²) in [6, 6.07) is 9.91. The molecule has 0 saturated heterocycles. The first-order valence-corrected chi connectivity index (χ1v) is 12.1. The molecule has 1 heterocycles. The van der Waals surface area contributed by atoms with Crippen LogP contribution in [0, 0.1) is 18.8 Å². The van der Waals surface area contributed by atoms with Gasteiger partial charge in [-0.2, -0.15) is 0 Å². The first-order chi connectivity index (χ1) is 13.8. The van der Waals surface area contributed by atoms with Gasteiger partial charge in [-0.3, -0.25) is 0 Å². The molecule has 5 rings (SSSR count). The van der Waals surface area contributed by atoms with Gasteiger partial charge in [0.25, 0.3) is 0 Å². The van der Waals surface area contributed by atoms with Crippen molar-refractivity contribution in [2.45, 2.75) is 103 Å². The van der Waals surface area contributed by atoms with Gasteiger partial charge in [0.15, 0.2) is 0 Å². The van der Waals surface area contributed by atoms with E-state index in [0.29, 0.717) is 6.17 Å². The molecule has 0 amide bonds. The van der Waals surface area contributed by atoms with E-state index >= 15 is 0 Å². The van der Waals surface area contributed by atoms with Crippen molar-refractivity contribution in [1.82, 2.24) is 4.90 Å². The van der Waals surface area contributed by atoms with Gasteiger partial charge in [-0.1, -0.05) is 56.7 Å². The molecule has 152 valence electrons. The van der Waals surface area contributed by atoms with Crippen LogP contribution in [0.2, 0.25) is 0 Å². The molecule has 0 N–H and O–H groups in total. The molecule has 1 aliphatic heterocycles. The van der Waals surface area contributed by atoms with Crippen molar-refractivity contribution < 1.29 is 0 Å². The molecule has 3 aliphatic carbocycles. The van der Waals surface area contributed by atoms with Gasteiger partial charge in [0, 0.05) is 29.0 Å². The van der Waals surface area contributed by atoms with Crippen LogP contribution in [0.5, 0.6) is 0 Å². The molecule has 0 radical (unpaired) electrons. The lowest BCUT2D eigenvalue weighted by atomic mass is 9.97. The number of nitrogens with zero attached hydrogens (tertiary/aromatic N) is 2. The lowest BCUT2D eigenvalue weighted by Crippen LogP contribution is -2.49. The maximum atomic E-state index is 3.01. The fourth-order valence-corrected chi connectivity index (χ4v) is 6.93. The lowest BCUT2D eigenvalue weighted by molar-refractivity contribution is 0.140. The maximum absolute atomic E-state index is 3.01. The summed E-state index contributed by atoms with van der Waals surface area (Å²) in [6.07, 6.45) is 17.6. The minimum atomic E-state index is 0.572. The van der Waals surface area contributed by atoms with Crippen LogP contribution in [-0.2, 0) is 0 Å². The van der Waals surface area contributed by atoms with Crippen LogP contribution >= 0.6 is 0 Å². The molecule has 1 unspecified atom stereocenters. The van der Waals surface area contributed by atoms with Crippen LogP contribution in [-0.4, -0.2) is 17.1 Å². The number of hydrogen-bond acceptors (Lipinski definition) is 2. The van der Waals surface area contributed by atoms with Crippen LogP contribution in [0.15, 0.2) is 35.7 Å². The summed E-state index contributed by atoms with van der Waals surface area (Å²) in [4.78, 5) is 5.82. The molecule has 2 heteroatoms. The Labute approximate surface area is 172 Å². The van der Waals surface area contributed by atoms with E-state index < -0.39 is 0 Å². The van der Waals surface area contributed by atoms with Crippen molar-refractivity contribution in [3.63, 3.8) is 0 Å². The smallest absolute Gasteiger partial charge is 0.109 e. The van der Waals surface area contributed by atoms with E-state index in [4.69, 9.17) is 0 Å². The molecule has 1 aromatic carbocycles. The minimum absolute atomic E-state index is 0.572. The Bertz CT molecular complexity index is 718. The molecule has 1 atom stereocenters. The topological polar surface area (TPSA) is 6.48 Å². The second-order valence-corrected chi connectivity index (χ2v) is 9.91. The van der Waals surface area contributed by atoms with Crippen molar-refractivity contribution in [2.75, 3.05) is 4.90 Å². The number of anilines is 1. The molecule has 3 saturated carbocycles. The lowest BCUT2D eigenvalue weighted by Gasteiger charge is -2.43. The highest BCUT2D eigenvalue weighted by atomic mass is 15.4. The first kappa shape index (κ1) is 18.6. The van der Waals surface area contributed by atoms with Gasteiger partial charge in [-0.05, 0) is 69.9 Å². The monoisotopic (exact) mass is 378 g/mol. The number of aryl methyl sites for hydroxylation is 1. The third-order valence-electron chi connectivity index (χ3n) is 8.22. The molecule has 0 aromatic heterocycles. The van der Waals surface area contributed by atoms with Gasteiger partial charge in [-0.15, -0.1) is 0 Å². The molecule has 4 aliphatic rings. The molecule has 1 aromatic rings. The standard InChI is InChI=1S/C26H38N2/c1-19-11-3-10-18-24(19)27-20(2)25(21-12-4-5-13-21)28(23-16-8-9-17-23)26(27)22-14-6-7-15-22/h3,10-11,18,21-23,26H,4-9,12-17H2,1-2H3. The number of para-hydroxylation sites is 1. The average Bonchev–Trinajstić information content (AvgIpc) is 3.48. The molecule has 3 fully saturated rings. The first-order valence-electron chi connectivity index (χ1n) is 12.1. The highest BCUT2D eigenvalue weighted by Gasteiger charge is 2.47. The van der Waals surface area contributed by atoms with Gasteiger partial charge < -0.3 is 9.80 Å². The quantitative estimate of drug-likeness (QED) is 0.556. The third-order valence-corrected chi connectivity index (χ3v) is 8.22. The van der Waals surface area contributed by atoms with Crippen LogP contribution in [0.4, 0.5) is 5.69 Å². The van der Waals surface area contributed by atoms with Crippen molar-refractivity contribution in [2.24, 2.45) is 11.8 Å². The van der Waals surface area contributed by atoms with Crippen LogP contribution in [0.25, 0.3) is 0 Å². The van der Waals surface area contributed by atoms with Gasteiger partial charge in [0.2, 0.25) is 0 Å². The summed E-state index contributed by atoms with van der Waals surface area (Å²) >= 11 is 0. The highest BCUT2D eigenvalue weighted by molar-refractivity contribution is 5.61. The molecular weight excluding hydrogens is 340 g/mol. The van der Waals surface area contributed by atoms with E-state index in [2.05, 4.69) is 47.9 Å². The second kappa shape index (κ2) is 7.76. The Morgan fingerprint density at radius 2 is 1.36 bits per heavy atom. The summed E-state index contributed by atoms with van der Waals surface area (Å²) < 4.78 is 0. The maximum Gasteiger partial charge on any atom is 0.109 e. The van der Waals surface area contributed by atoms with E-state index in [9.17, 15) is 0 Å². The SMILES string of the molecule is CC1=C(C2CCCC2)N(C2CCCC2)C(C2CCCC2)N1c1ccccc1C. The minimum Gasteiger partial charge on any atom is -0.349 e. The predicted octanol–water partition coefficient (Wildman–Crippen LogP) is 7.00.